The van der Waals surface area contributed by atoms with E-state index >= 15 is 0 Å². The number of aromatic nitrogens is 2. The smallest absolute Gasteiger partial charge is 0.253 e. The average molecular weight is 351 g/mol. The highest BCUT2D eigenvalue weighted by Gasteiger charge is 2.24. The molecule has 1 atom stereocenters. The third-order valence-corrected chi connectivity index (χ3v) is 4.61. The minimum Gasteiger partial charge on any atom is -0.347 e. The first-order valence-corrected chi connectivity index (χ1v) is 8.17. The van der Waals surface area contributed by atoms with Gasteiger partial charge < -0.3 is 10.2 Å². The van der Waals surface area contributed by atoms with Crippen LogP contribution < -0.4 is 10.2 Å². The molecule has 0 saturated carbocycles. The number of piperidine rings is 1. The molecule has 120 valence electrons. The molecule has 0 radical (unpaired) electrons. The maximum Gasteiger partial charge on any atom is 0.253 e. The van der Waals surface area contributed by atoms with E-state index < -0.39 is 0 Å². The minimum absolute atomic E-state index is 0.0232. The Morgan fingerprint density at radius 2 is 2.00 bits per heavy atom. The van der Waals surface area contributed by atoms with Crippen molar-refractivity contribution in [3.8, 4) is 0 Å². The summed E-state index contributed by atoms with van der Waals surface area (Å²) < 4.78 is 0. The molecule has 1 aliphatic heterocycles. The van der Waals surface area contributed by atoms with Crippen LogP contribution in [-0.2, 0) is 0 Å². The standard InChI is InChI=1S/C16H16Cl2N4O/c17-13-6-1-5-12(14(13)18)15(23)21-11-4-2-9-22(10-11)16-19-7-3-8-20-16/h1,3,5-8,11H,2,4,9-10H2,(H,21,23). The molecule has 1 N–H and O–H groups in total. The van der Waals surface area contributed by atoms with Gasteiger partial charge in [0.1, 0.15) is 0 Å². The fourth-order valence-electron chi connectivity index (χ4n) is 2.67. The summed E-state index contributed by atoms with van der Waals surface area (Å²) in [5.41, 5.74) is 0.396. The molecule has 1 fully saturated rings. The van der Waals surface area contributed by atoms with Crippen molar-refractivity contribution in [2.75, 3.05) is 18.0 Å². The number of benzene rings is 1. The molecule has 23 heavy (non-hydrogen) atoms. The van der Waals surface area contributed by atoms with E-state index in [0.717, 1.165) is 19.4 Å². The van der Waals surface area contributed by atoms with Crippen LogP contribution in [0.15, 0.2) is 36.7 Å². The second-order valence-electron chi connectivity index (χ2n) is 5.41. The van der Waals surface area contributed by atoms with Crippen LogP contribution >= 0.6 is 23.2 Å². The maximum atomic E-state index is 12.4. The lowest BCUT2D eigenvalue weighted by molar-refractivity contribution is 0.0933. The van der Waals surface area contributed by atoms with Gasteiger partial charge in [0, 0.05) is 31.5 Å². The van der Waals surface area contributed by atoms with Crippen LogP contribution in [0.25, 0.3) is 0 Å². The topological polar surface area (TPSA) is 58.1 Å². The fraction of sp³-hybridized carbons (Fsp3) is 0.312. The van der Waals surface area contributed by atoms with Crippen molar-refractivity contribution in [2.45, 2.75) is 18.9 Å². The van der Waals surface area contributed by atoms with Crippen LogP contribution in [-0.4, -0.2) is 35.0 Å². The van der Waals surface area contributed by atoms with Crippen molar-refractivity contribution in [2.24, 2.45) is 0 Å². The van der Waals surface area contributed by atoms with Gasteiger partial charge in [-0.05, 0) is 31.0 Å². The summed E-state index contributed by atoms with van der Waals surface area (Å²) in [4.78, 5) is 23.0. The van der Waals surface area contributed by atoms with Crippen LogP contribution in [0.5, 0.6) is 0 Å². The van der Waals surface area contributed by atoms with Gasteiger partial charge in [-0.3, -0.25) is 4.79 Å². The van der Waals surface area contributed by atoms with Crippen molar-refractivity contribution in [3.63, 3.8) is 0 Å². The number of nitrogens with zero attached hydrogens (tertiary/aromatic N) is 3. The average Bonchev–Trinajstić information content (AvgIpc) is 2.58. The Morgan fingerprint density at radius 1 is 1.22 bits per heavy atom. The molecule has 1 saturated heterocycles. The summed E-state index contributed by atoms with van der Waals surface area (Å²) in [6.45, 7) is 1.56. The number of carbonyl (C=O) groups is 1. The van der Waals surface area contributed by atoms with Crippen LogP contribution in [0.2, 0.25) is 10.0 Å². The molecule has 2 heterocycles. The maximum absolute atomic E-state index is 12.4. The normalized spacial score (nSPS) is 17.8. The SMILES string of the molecule is O=C(NC1CCCN(c2ncccn2)C1)c1cccc(Cl)c1Cl. The van der Waals surface area contributed by atoms with Gasteiger partial charge in [0.25, 0.3) is 5.91 Å². The first kappa shape index (κ1) is 16.0. The van der Waals surface area contributed by atoms with Gasteiger partial charge >= 0.3 is 0 Å². The van der Waals surface area contributed by atoms with Gasteiger partial charge in [-0.2, -0.15) is 0 Å². The predicted molar refractivity (Wildman–Crippen MR) is 91.2 cm³/mol. The minimum atomic E-state index is -0.210. The highest BCUT2D eigenvalue weighted by atomic mass is 35.5. The first-order valence-electron chi connectivity index (χ1n) is 7.42. The number of nitrogens with one attached hydrogen (secondary N) is 1. The molecule has 1 aromatic heterocycles. The fourth-order valence-corrected chi connectivity index (χ4v) is 3.06. The second-order valence-corrected chi connectivity index (χ2v) is 6.19. The van der Waals surface area contributed by atoms with Crippen LogP contribution in [0, 0.1) is 0 Å². The van der Waals surface area contributed by atoms with Gasteiger partial charge in [0.2, 0.25) is 5.95 Å². The van der Waals surface area contributed by atoms with Crippen LogP contribution in [0.3, 0.4) is 0 Å². The molecule has 0 aliphatic carbocycles. The first-order chi connectivity index (χ1) is 11.1. The summed E-state index contributed by atoms with van der Waals surface area (Å²) in [7, 11) is 0. The quantitative estimate of drug-likeness (QED) is 0.923. The zero-order chi connectivity index (χ0) is 16.2. The molecule has 1 aliphatic rings. The largest absolute Gasteiger partial charge is 0.347 e. The second kappa shape index (κ2) is 7.15. The van der Waals surface area contributed by atoms with E-state index in [1.807, 2.05) is 0 Å². The summed E-state index contributed by atoms with van der Waals surface area (Å²) in [6, 6.07) is 6.86. The van der Waals surface area contributed by atoms with E-state index in [0.29, 0.717) is 23.1 Å². The van der Waals surface area contributed by atoms with Gasteiger partial charge in [0.05, 0.1) is 15.6 Å². The van der Waals surface area contributed by atoms with Crippen molar-refractivity contribution in [3.05, 3.63) is 52.3 Å². The monoisotopic (exact) mass is 350 g/mol. The molecule has 1 unspecified atom stereocenters. The Balaban J connectivity index is 1.68. The number of amides is 1. The zero-order valence-electron chi connectivity index (χ0n) is 12.4. The molecule has 0 bridgehead atoms. The van der Waals surface area contributed by atoms with E-state index in [1.165, 1.54) is 0 Å². The number of halogens is 2. The molecule has 2 aromatic rings. The number of carbonyl (C=O) groups excluding carboxylic acids is 1. The molecule has 0 spiro atoms. The lowest BCUT2D eigenvalue weighted by Crippen LogP contribution is -2.48. The van der Waals surface area contributed by atoms with E-state index in [4.69, 9.17) is 23.2 Å². The van der Waals surface area contributed by atoms with E-state index in [9.17, 15) is 4.79 Å². The van der Waals surface area contributed by atoms with Crippen LogP contribution in [0.4, 0.5) is 5.95 Å². The van der Waals surface area contributed by atoms with Gasteiger partial charge in [-0.25, -0.2) is 9.97 Å². The lowest BCUT2D eigenvalue weighted by Gasteiger charge is -2.33. The highest BCUT2D eigenvalue weighted by Crippen LogP contribution is 2.25. The molecular formula is C16H16Cl2N4O. The summed E-state index contributed by atoms with van der Waals surface area (Å²) in [5.74, 6) is 0.477. The van der Waals surface area contributed by atoms with Gasteiger partial charge in [0.15, 0.2) is 0 Å². The van der Waals surface area contributed by atoms with Crippen molar-refractivity contribution >= 4 is 35.1 Å². The molecule has 5 nitrogen and oxygen atoms in total. The predicted octanol–water partition coefficient (Wildman–Crippen LogP) is 3.18. The van der Waals surface area contributed by atoms with Gasteiger partial charge in [-0.15, -0.1) is 0 Å². The number of rotatable bonds is 3. The molecule has 1 amide bonds. The Labute approximate surface area is 144 Å². The van der Waals surface area contributed by atoms with Crippen LogP contribution in [0.1, 0.15) is 23.2 Å². The third-order valence-electron chi connectivity index (χ3n) is 3.79. The highest BCUT2D eigenvalue weighted by molar-refractivity contribution is 6.43. The van der Waals surface area contributed by atoms with E-state index in [-0.39, 0.29) is 17.0 Å². The molecule has 7 heteroatoms. The van der Waals surface area contributed by atoms with Gasteiger partial charge in [-0.1, -0.05) is 29.3 Å². The third kappa shape index (κ3) is 3.74. The molecule has 1 aromatic carbocycles. The summed E-state index contributed by atoms with van der Waals surface area (Å²) >= 11 is 12.1. The Morgan fingerprint density at radius 3 is 2.78 bits per heavy atom. The number of anilines is 1. The lowest BCUT2D eigenvalue weighted by atomic mass is 10.1. The molecule has 3 rings (SSSR count). The van der Waals surface area contributed by atoms with Crippen molar-refractivity contribution in [1.29, 1.82) is 0 Å². The van der Waals surface area contributed by atoms with Crippen molar-refractivity contribution < 1.29 is 4.79 Å². The zero-order valence-corrected chi connectivity index (χ0v) is 13.9. The van der Waals surface area contributed by atoms with E-state index in [1.54, 1.807) is 36.7 Å². The summed E-state index contributed by atoms with van der Waals surface area (Å²) in [6.07, 6.45) is 5.31. The molecular weight excluding hydrogens is 335 g/mol. The Kier molecular flexibility index (Phi) is 4.98. The number of hydrogen-bond donors (Lipinski definition) is 1. The Hall–Kier alpha value is -1.85. The van der Waals surface area contributed by atoms with Crippen molar-refractivity contribution in [1.82, 2.24) is 15.3 Å². The number of hydrogen-bond acceptors (Lipinski definition) is 4. The van der Waals surface area contributed by atoms with E-state index in [2.05, 4.69) is 20.2 Å². The Bertz CT molecular complexity index is 696. The summed E-state index contributed by atoms with van der Waals surface area (Å²) in [5, 5.41) is 3.68.